The van der Waals surface area contributed by atoms with E-state index in [2.05, 4.69) is 15.3 Å². The average molecular weight is 319 g/mol. The summed E-state index contributed by atoms with van der Waals surface area (Å²) in [6.45, 7) is 0. The summed E-state index contributed by atoms with van der Waals surface area (Å²) in [5.74, 6) is -0.571. The van der Waals surface area contributed by atoms with Gasteiger partial charge in [0.15, 0.2) is 5.13 Å². The Morgan fingerprint density at radius 3 is 2.74 bits per heavy atom. The van der Waals surface area contributed by atoms with Gasteiger partial charge in [-0.05, 0) is 23.5 Å². The minimum Gasteiger partial charge on any atom is -0.298 e. The largest absolute Gasteiger partial charge is 0.345 e. The normalized spacial score (nSPS) is 10.2. The Balaban J connectivity index is 2.18. The SMILES string of the molecule is O=C(Nc1ncc([N+](=O)[O-])s1)c1ccc(Cl)nc1Cl. The molecule has 0 saturated carbocycles. The molecule has 98 valence electrons. The van der Waals surface area contributed by atoms with Gasteiger partial charge in [-0.2, -0.15) is 0 Å². The van der Waals surface area contributed by atoms with E-state index < -0.39 is 10.8 Å². The van der Waals surface area contributed by atoms with Gasteiger partial charge in [0.05, 0.1) is 10.5 Å². The fraction of sp³-hybridized carbons (Fsp3) is 0. The van der Waals surface area contributed by atoms with E-state index in [9.17, 15) is 14.9 Å². The van der Waals surface area contributed by atoms with E-state index >= 15 is 0 Å². The monoisotopic (exact) mass is 318 g/mol. The maximum Gasteiger partial charge on any atom is 0.345 e. The molecular weight excluding hydrogens is 315 g/mol. The molecule has 2 rings (SSSR count). The third-order valence-electron chi connectivity index (χ3n) is 1.95. The average Bonchev–Trinajstić information content (AvgIpc) is 2.77. The van der Waals surface area contributed by atoms with Crippen molar-refractivity contribution in [3.05, 3.63) is 44.3 Å². The second-order valence-electron chi connectivity index (χ2n) is 3.19. The van der Waals surface area contributed by atoms with Gasteiger partial charge in [-0.3, -0.25) is 20.2 Å². The Labute approximate surface area is 120 Å². The van der Waals surface area contributed by atoms with Crippen LogP contribution in [0.25, 0.3) is 0 Å². The van der Waals surface area contributed by atoms with E-state index in [-0.39, 0.29) is 26.0 Å². The fourth-order valence-corrected chi connectivity index (χ4v) is 2.21. The highest BCUT2D eigenvalue weighted by molar-refractivity contribution is 7.18. The molecule has 0 aromatic carbocycles. The summed E-state index contributed by atoms with van der Waals surface area (Å²) in [6.07, 6.45) is 1.06. The molecule has 0 fully saturated rings. The predicted octanol–water partition coefficient (Wildman–Crippen LogP) is 3.01. The molecule has 0 atom stereocenters. The highest BCUT2D eigenvalue weighted by atomic mass is 35.5. The Morgan fingerprint density at radius 2 is 2.16 bits per heavy atom. The van der Waals surface area contributed by atoms with Crippen LogP contribution in [-0.4, -0.2) is 20.8 Å². The molecule has 10 heteroatoms. The van der Waals surface area contributed by atoms with Crippen molar-refractivity contribution in [1.29, 1.82) is 0 Å². The number of carbonyl (C=O) groups is 1. The summed E-state index contributed by atoms with van der Waals surface area (Å²) in [6, 6.07) is 2.81. The second kappa shape index (κ2) is 5.47. The standard InChI is InChI=1S/C9H4Cl2N4O3S/c10-5-2-1-4(7(11)13-5)8(16)14-9-12-3-6(19-9)15(17)18/h1-3H,(H,12,14,16). The number of halogens is 2. The van der Waals surface area contributed by atoms with E-state index in [0.717, 1.165) is 17.5 Å². The Kier molecular flexibility index (Phi) is 3.93. The summed E-state index contributed by atoms with van der Waals surface area (Å²) in [4.78, 5) is 29.1. The van der Waals surface area contributed by atoms with E-state index in [1.807, 2.05) is 0 Å². The number of rotatable bonds is 3. The number of pyridine rings is 1. The van der Waals surface area contributed by atoms with Crippen LogP contribution in [-0.2, 0) is 0 Å². The van der Waals surface area contributed by atoms with Crippen LogP contribution in [0.4, 0.5) is 10.1 Å². The van der Waals surface area contributed by atoms with E-state index in [0.29, 0.717) is 0 Å². The molecule has 7 nitrogen and oxygen atoms in total. The molecule has 0 unspecified atom stereocenters. The first-order valence-electron chi connectivity index (χ1n) is 4.71. The molecule has 0 aliphatic heterocycles. The van der Waals surface area contributed by atoms with Crippen molar-refractivity contribution >= 4 is 50.6 Å². The molecule has 2 aromatic rings. The van der Waals surface area contributed by atoms with Crippen LogP contribution in [0.1, 0.15) is 10.4 Å². The fourth-order valence-electron chi connectivity index (χ4n) is 1.15. The highest BCUT2D eigenvalue weighted by Crippen LogP contribution is 2.26. The quantitative estimate of drug-likeness (QED) is 0.533. The van der Waals surface area contributed by atoms with Crippen molar-refractivity contribution in [1.82, 2.24) is 9.97 Å². The van der Waals surface area contributed by atoms with Gasteiger partial charge in [0, 0.05) is 0 Å². The van der Waals surface area contributed by atoms with Gasteiger partial charge in [0.1, 0.15) is 16.5 Å². The zero-order valence-corrected chi connectivity index (χ0v) is 11.3. The summed E-state index contributed by atoms with van der Waals surface area (Å²) in [5.41, 5.74) is 0.101. The molecule has 0 bridgehead atoms. The van der Waals surface area contributed by atoms with Gasteiger partial charge >= 0.3 is 5.00 Å². The zero-order chi connectivity index (χ0) is 14.0. The lowest BCUT2D eigenvalue weighted by molar-refractivity contribution is -0.380. The van der Waals surface area contributed by atoms with Gasteiger partial charge in [0.2, 0.25) is 0 Å². The lowest BCUT2D eigenvalue weighted by Crippen LogP contribution is -2.12. The Bertz CT molecular complexity index is 661. The molecular formula is C9H4Cl2N4O3S. The van der Waals surface area contributed by atoms with Crippen LogP contribution < -0.4 is 5.32 Å². The minimum atomic E-state index is -0.593. The molecule has 2 aromatic heterocycles. The number of nitrogens with one attached hydrogen (secondary N) is 1. The molecule has 1 N–H and O–H groups in total. The van der Waals surface area contributed by atoms with Crippen molar-refractivity contribution in [2.45, 2.75) is 0 Å². The Hall–Kier alpha value is -1.77. The molecule has 0 radical (unpaired) electrons. The molecule has 2 heterocycles. The van der Waals surface area contributed by atoms with Crippen molar-refractivity contribution in [3.63, 3.8) is 0 Å². The number of aromatic nitrogens is 2. The van der Waals surface area contributed by atoms with Crippen molar-refractivity contribution < 1.29 is 9.72 Å². The Morgan fingerprint density at radius 1 is 1.42 bits per heavy atom. The first kappa shape index (κ1) is 13.7. The number of carbonyl (C=O) groups excluding carboxylic acids is 1. The smallest absolute Gasteiger partial charge is 0.298 e. The maximum atomic E-state index is 11.8. The molecule has 0 aliphatic rings. The summed E-state index contributed by atoms with van der Waals surface area (Å²) >= 11 is 12.1. The minimum absolute atomic E-state index is 0.0592. The molecule has 19 heavy (non-hydrogen) atoms. The number of amides is 1. The summed E-state index contributed by atoms with van der Waals surface area (Å²) in [5, 5.41) is 12.9. The van der Waals surface area contributed by atoms with Crippen LogP contribution in [0.3, 0.4) is 0 Å². The topological polar surface area (TPSA) is 98.0 Å². The zero-order valence-electron chi connectivity index (χ0n) is 8.96. The lowest BCUT2D eigenvalue weighted by atomic mass is 10.3. The number of anilines is 1. The van der Waals surface area contributed by atoms with Crippen LogP contribution in [0.2, 0.25) is 10.3 Å². The first-order chi connectivity index (χ1) is 8.97. The van der Waals surface area contributed by atoms with Crippen LogP contribution in [0, 0.1) is 10.1 Å². The van der Waals surface area contributed by atoms with Gasteiger partial charge in [-0.1, -0.05) is 23.2 Å². The third kappa shape index (κ3) is 3.16. The number of nitro groups is 1. The number of hydrogen-bond donors (Lipinski definition) is 1. The maximum absolute atomic E-state index is 11.8. The van der Waals surface area contributed by atoms with Gasteiger partial charge in [-0.15, -0.1) is 0 Å². The van der Waals surface area contributed by atoms with Crippen molar-refractivity contribution in [2.75, 3.05) is 5.32 Å². The summed E-state index contributed by atoms with van der Waals surface area (Å²) < 4.78 is 0. The van der Waals surface area contributed by atoms with Gasteiger partial charge in [0.25, 0.3) is 5.91 Å². The highest BCUT2D eigenvalue weighted by Gasteiger charge is 2.16. The van der Waals surface area contributed by atoms with Gasteiger partial charge < -0.3 is 0 Å². The van der Waals surface area contributed by atoms with Crippen molar-refractivity contribution in [2.24, 2.45) is 0 Å². The van der Waals surface area contributed by atoms with E-state index in [1.165, 1.54) is 12.1 Å². The second-order valence-corrected chi connectivity index (χ2v) is 4.94. The van der Waals surface area contributed by atoms with Crippen molar-refractivity contribution in [3.8, 4) is 0 Å². The van der Waals surface area contributed by atoms with Crippen LogP contribution >= 0.6 is 34.5 Å². The lowest BCUT2D eigenvalue weighted by Gasteiger charge is -2.03. The summed E-state index contributed by atoms with van der Waals surface area (Å²) in [7, 11) is 0. The molecule has 1 amide bonds. The van der Waals surface area contributed by atoms with Crippen LogP contribution in [0.15, 0.2) is 18.3 Å². The number of nitrogens with zero attached hydrogens (tertiary/aromatic N) is 3. The van der Waals surface area contributed by atoms with E-state index in [1.54, 1.807) is 0 Å². The van der Waals surface area contributed by atoms with Crippen LogP contribution in [0.5, 0.6) is 0 Å². The third-order valence-corrected chi connectivity index (χ3v) is 3.32. The van der Waals surface area contributed by atoms with Gasteiger partial charge in [-0.25, -0.2) is 9.97 Å². The van der Waals surface area contributed by atoms with E-state index in [4.69, 9.17) is 23.2 Å². The predicted molar refractivity (Wildman–Crippen MR) is 71.0 cm³/mol. The first-order valence-corrected chi connectivity index (χ1v) is 6.28. The number of hydrogen-bond acceptors (Lipinski definition) is 6. The molecule has 0 aliphatic carbocycles. The molecule has 0 spiro atoms. The molecule has 0 saturated heterocycles. The number of thiazole rings is 1.